The standard InChI is InChI=1S/C15H20ClFN2/c16-14-5-1-3-11(15(14)17)10-19-8-2-4-13(19)9-18-12-6-7-12/h1,3,5,12-13,18H,2,4,6-10H2. The Morgan fingerprint density at radius 2 is 2.16 bits per heavy atom. The minimum absolute atomic E-state index is 0.226. The van der Waals surface area contributed by atoms with Crippen molar-refractivity contribution in [2.24, 2.45) is 0 Å². The number of benzene rings is 1. The van der Waals surface area contributed by atoms with E-state index in [2.05, 4.69) is 10.2 Å². The highest BCUT2D eigenvalue weighted by atomic mass is 35.5. The maximum atomic E-state index is 13.9. The Balaban J connectivity index is 1.62. The summed E-state index contributed by atoms with van der Waals surface area (Å²) in [5.74, 6) is -0.259. The molecule has 2 aliphatic rings. The third-order valence-corrected chi connectivity index (χ3v) is 4.42. The van der Waals surface area contributed by atoms with Crippen LogP contribution in [0.4, 0.5) is 4.39 Å². The van der Waals surface area contributed by atoms with Crippen LogP contribution < -0.4 is 5.32 Å². The van der Waals surface area contributed by atoms with E-state index in [-0.39, 0.29) is 10.8 Å². The molecule has 1 saturated carbocycles. The van der Waals surface area contributed by atoms with Crippen LogP contribution in [0.25, 0.3) is 0 Å². The molecule has 1 unspecified atom stereocenters. The molecule has 1 atom stereocenters. The van der Waals surface area contributed by atoms with Crippen molar-refractivity contribution in [3.05, 3.63) is 34.6 Å². The van der Waals surface area contributed by atoms with Crippen LogP contribution in [0, 0.1) is 5.82 Å². The van der Waals surface area contributed by atoms with Crippen LogP contribution in [-0.4, -0.2) is 30.1 Å². The molecule has 104 valence electrons. The van der Waals surface area contributed by atoms with E-state index in [1.807, 2.05) is 12.1 Å². The molecule has 1 saturated heterocycles. The predicted molar refractivity (Wildman–Crippen MR) is 75.9 cm³/mol. The van der Waals surface area contributed by atoms with Gasteiger partial charge in [0.05, 0.1) is 5.02 Å². The fourth-order valence-corrected chi connectivity index (χ4v) is 3.01. The van der Waals surface area contributed by atoms with Crippen LogP contribution in [0.1, 0.15) is 31.2 Å². The predicted octanol–water partition coefficient (Wildman–Crippen LogP) is 3.20. The molecule has 2 nitrogen and oxygen atoms in total. The van der Waals surface area contributed by atoms with Crippen LogP contribution >= 0.6 is 11.6 Å². The van der Waals surface area contributed by atoms with Crippen molar-refractivity contribution in [2.45, 2.75) is 44.3 Å². The molecule has 0 bridgehead atoms. The van der Waals surface area contributed by atoms with E-state index in [1.165, 1.54) is 25.7 Å². The number of hydrogen-bond acceptors (Lipinski definition) is 2. The van der Waals surface area contributed by atoms with Gasteiger partial charge in [-0.15, -0.1) is 0 Å². The van der Waals surface area contributed by atoms with Gasteiger partial charge in [-0.05, 0) is 38.3 Å². The molecule has 2 fully saturated rings. The fraction of sp³-hybridized carbons (Fsp3) is 0.600. The monoisotopic (exact) mass is 282 g/mol. The lowest BCUT2D eigenvalue weighted by molar-refractivity contribution is 0.236. The topological polar surface area (TPSA) is 15.3 Å². The molecule has 0 aromatic heterocycles. The molecular weight excluding hydrogens is 263 g/mol. The van der Waals surface area contributed by atoms with E-state index in [1.54, 1.807) is 6.07 Å². The molecule has 4 heteroatoms. The van der Waals surface area contributed by atoms with Gasteiger partial charge in [0, 0.05) is 30.7 Å². The van der Waals surface area contributed by atoms with E-state index in [0.29, 0.717) is 18.2 Å². The van der Waals surface area contributed by atoms with E-state index in [4.69, 9.17) is 11.6 Å². The molecule has 1 aliphatic carbocycles. The maximum absolute atomic E-state index is 13.9. The van der Waals surface area contributed by atoms with Crippen LogP contribution in [-0.2, 0) is 6.54 Å². The molecule has 19 heavy (non-hydrogen) atoms. The second-order valence-corrected chi connectivity index (χ2v) is 6.07. The number of nitrogens with zero attached hydrogens (tertiary/aromatic N) is 1. The summed E-state index contributed by atoms with van der Waals surface area (Å²) >= 11 is 5.84. The van der Waals surface area contributed by atoms with Crippen LogP contribution in [0.5, 0.6) is 0 Å². The first-order chi connectivity index (χ1) is 9.24. The summed E-state index contributed by atoms with van der Waals surface area (Å²) in [7, 11) is 0. The summed E-state index contributed by atoms with van der Waals surface area (Å²) in [6.07, 6.45) is 5.05. The fourth-order valence-electron chi connectivity index (χ4n) is 2.81. The summed E-state index contributed by atoms with van der Waals surface area (Å²) < 4.78 is 13.9. The lowest BCUT2D eigenvalue weighted by Gasteiger charge is -2.25. The van der Waals surface area contributed by atoms with E-state index >= 15 is 0 Å². The Labute approximate surface area is 118 Å². The van der Waals surface area contributed by atoms with Crippen molar-refractivity contribution in [2.75, 3.05) is 13.1 Å². The molecule has 0 amide bonds. The van der Waals surface area contributed by atoms with Crippen molar-refractivity contribution in [3.8, 4) is 0 Å². The van der Waals surface area contributed by atoms with Crippen molar-refractivity contribution in [3.63, 3.8) is 0 Å². The highest BCUT2D eigenvalue weighted by Gasteiger charge is 2.28. The Hall–Kier alpha value is -0.640. The summed E-state index contributed by atoms with van der Waals surface area (Å²) in [4.78, 5) is 2.38. The summed E-state index contributed by atoms with van der Waals surface area (Å²) in [6, 6.07) is 6.56. The normalized spacial score (nSPS) is 24.0. The molecule has 1 N–H and O–H groups in total. The molecule has 0 radical (unpaired) electrons. The van der Waals surface area contributed by atoms with Crippen LogP contribution in [0.15, 0.2) is 18.2 Å². The van der Waals surface area contributed by atoms with Gasteiger partial charge in [-0.1, -0.05) is 23.7 Å². The van der Waals surface area contributed by atoms with Gasteiger partial charge in [0.25, 0.3) is 0 Å². The Morgan fingerprint density at radius 1 is 1.32 bits per heavy atom. The molecule has 1 aromatic carbocycles. The largest absolute Gasteiger partial charge is 0.312 e. The van der Waals surface area contributed by atoms with Gasteiger partial charge in [-0.3, -0.25) is 4.90 Å². The number of nitrogens with one attached hydrogen (secondary N) is 1. The summed E-state index contributed by atoms with van der Waals surface area (Å²) in [6.45, 7) is 2.76. The van der Waals surface area contributed by atoms with Crippen LogP contribution in [0.2, 0.25) is 5.02 Å². The van der Waals surface area contributed by atoms with Crippen molar-refractivity contribution in [1.29, 1.82) is 0 Å². The molecule has 3 rings (SSSR count). The Bertz CT molecular complexity index is 448. The second-order valence-electron chi connectivity index (χ2n) is 5.66. The van der Waals surface area contributed by atoms with Gasteiger partial charge in [0.15, 0.2) is 0 Å². The van der Waals surface area contributed by atoms with Crippen molar-refractivity contribution in [1.82, 2.24) is 10.2 Å². The van der Waals surface area contributed by atoms with Gasteiger partial charge in [0.2, 0.25) is 0 Å². The van der Waals surface area contributed by atoms with Gasteiger partial charge in [-0.25, -0.2) is 4.39 Å². The number of hydrogen-bond donors (Lipinski definition) is 1. The van der Waals surface area contributed by atoms with Gasteiger partial charge in [0.1, 0.15) is 5.82 Å². The van der Waals surface area contributed by atoms with Gasteiger partial charge >= 0.3 is 0 Å². The van der Waals surface area contributed by atoms with Crippen molar-refractivity contribution >= 4 is 11.6 Å². The molecule has 1 aromatic rings. The third-order valence-electron chi connectivity index (χ3n) is 4.12. The zero-order chi connectivity index (χ0) is 13.2. The summed E-state index contributed by atoms with van der Waals surface area (Å²) in [5.41, 5.74) is 0.714. The average molecular weight is 283 g/mol. The van der Waals surface area contributed by atoms with E-state index in [0.717, 1.165) is 19.1 Å². The number of halogens is 2. The lowest BCUT2D eigenvalue weighted by atomic mass is 10.1. The van der Waals surface area contributed by atoms with E-state index < -0.39 is 0 Å². The zero-order valence-electron chi connectivity index (χ0n) is 11.0. The van der Waals surface area contributed by atoms with Crippen LogP contribution in [0.3, 0.4) is 0 Å². The number of rotatable bonds is 5. The maximum Gasteiger partial charge on any atom is 0.146 e. The first-order valence-electron chi connectivity index (χ1n) is 7.14. The quantitative estimate of drug-likeness (QED) is 0.892. The van der Waals surface area contributed by atoms with Gasteiger partial charge < -0.3 is 5.32 Å². The second kappa shape index (κ2) is 5.78. The number of likely N-dealkylation sites (tertiary alicyclic amines) is 1. The first-order valence-corrected chi connectivity index (χ1v) is 7.52. The highest BCUT2D eigenvalue weighted by Crippen LogP contribution is 2.25. The molecule has 1 heterocycles. The SMILES string of the molecule is Fc1c(Cl)cccc1CN1CCCC1CNC1CC1. The minimum Gasteiger partial charge on any atom is -0.312 e. The molecule has 0 spiro atoms. The molecular formula is C15H20ClFN2. The highest BCUT2D eigenvalue weighted by molar-refractivity contribution is 6.30. The zero-order valence-corrected chi connectivity index (χ0v) is 11.8. The third kappa shape index (κ3) is 3.28. The first kappa shape index (κ1) is 13.3. The van der Waals surface area contributed by atoms with Crippen molar-refractivity contribution < 1.29 is 4.39 Å². The van der Waals surface area contributed by atoms with Gasteiger partial charge in [-0.2, -0.15) is 0 Å². The average Bonchev–Trinajstić information content (AvgIpc) is 3.13. The summed E-state index contributed by atoms with van der Waals surface area (Å²) in [5, 5.41) is 3.81. The smallest absolute Gasteiger partial charge is 0.146 e. The Morgan fingerprint density at radius 3 is 2.95 bits per heavy atom. The minimum atomic E-state index is -0.259. The Kier molecular flexibility index (Phi) is 4.06. The molecule has 1 aliphatic heterocycles. The lowest BCUT2D eigenvalue weighted by Crippen LogP contribution is -2.38. The van der Waals surface area contributed by atoms with E-state index in [9.17, 15) is 4.39 Å².